The smallest absolute Gasteiger partial charge is 0.416 e. The lowest BCUT2D eigenvalue weighted by Gasteiger charge is -2.20. The molecule has 0 bridgehead atoms. The van der Waals surface area contributed by atoms with Gasteiger partial charge in [-0.3, -0.25) is 19.2 Å². The number of anilines is 1. The second-order valence-electron chi connectivity index (χ2n) is 15.9. The number of pyridine rings is 1. The third kappa shape index (κ3) is 19.1. The standard InChI is InChI=1S/C21H11ClF6N2O3.C20H19NO3.C12H21N2O3PS/c22-12-8-10(21(26,27)28)4-7-17(12)33-11-5-6-16(15(25)9-11)29-20(32)30-19(31)18-13(23)2-1-3-14(18)24;1-16(23-20-9-5-6-14-21-20)15-22-17-10-12-19(13-11-17)24-18-7-3-2-4-8-18;1-6-15-18(19,16-7-2)17-11-8-10(5)13-12(14-11)9(3)4/h1-9H,(H2,29,30,31,32);2-14,16H,15H2,1H3;8-9H,6-7H2,1-5H3. The Bertz CT molecular complexity index is 3030. The molecule has 7 rings (SSSR count). The van der Waals surface area contributed by atoms with Crippen LogP contribution in [-0.4, -0.2) is 52.8 Å². The second-order valence-corrected chi connectivity index (χ2v) is 19.3. The summed E-state index contributed by atoms with van der Waals surface area (Å²) in [7, 11) is 0. The van der Waals surface area contributed by atoms with Crippen molar-refractivity contribution in [3.8, 4) is 40.5 Å². The largest absolute Gasteiger partial charge is 0.490 e. The van der Waals surface area contributed by atoms with Crippen molar-refractivity contribution in [3.05, 3.63) is 185 Å². The van der Waals surface area contributed by atoms with Gasteiger partial charge in [0.15, 0.2) is 0 Å². The number of benzene rings is 5. The summed E-state index contributed by atoms with van der Waals surface area (Å²) in [4.78, 5) is 36.6. The zero-order valence-corrected chi connectivity index (χ0v) is 44.0. The number of nitrogens with zero attached hydrogens (tertiary/aromatic N) is 3. The zero-order chi connectivity index (χ0) is 55.4. The topological polar surface area (TPSA) is 161 Å². The molecule has 3 amide bonds. The number of halogens is 7. The summed E-state index contributed by atoms with van der Waals surface area (Å²) in [6.07, 6.45) is -3.00. The number of aromatic nitrogens is 3. The number of carbonyl (C=O) groups is 2. The van der Waals surface area contributed by atoms with Crippen LogP contribution in [0.1, 0.15) is 68.0 Å². The summed E-state index contributed by atoms with van der Waals surface area (Å²) in [5.41, 5.74) is -1.59. The van der Waals surface area contributed by atoms with E-state index in [0.717, 1.165) is 77.3 Å². The highest BCUT2D eigenvalue weighted by atomic mass is 35.5. The Morgan fingerprint density at radius 3 is 1.93 bits per heavy atom. The number of alkyl halides is 3. The van der Waals surface area contributed by atoms with Crippen LogP contribution in [-0.2, 0) is 27.0 Å². The summed E-state index contributed by atoms with van der Waals surface area (Å²) in [6, 6.07) is 31.2. The number of rotatable bonds is 18. The van der Waals surface area contributed by atoms with E-state index in [1.54, 1.807) is 17.6 Å². The molecule has 2 heterocycles. The minimum Gasteiger partial charge on any atom is -0.490 e. The number of para-hydroxylation sites is 1. The monoisotopic (exact) mass is 1110 g/mol. The van der Waals surface area contributed by atoms with Gasteiger partial charge in [-0.05, 0) is 113 Å². The van der Waals surface area contributed by atoms with Gasteiger partial charge in [0.25, 0.3) is 5.91 Å². The summed E-state index contributed by atoms with van der Waals surface area (Å²) in [5, 5.41) is 3.27. The number of hydrogen-bond acceptors (Lipinski definition) is 13. The number of aryl methyl sites for hydroxylation is 1. The zero-order valence-electron chi connectivity index (χ0n) is 41.6. The molecule has 0 saturated carbocycles. The van der Waals surface area contributed by atoms with Gasteiger partial charge in [-0.1, -0.05) is 55.8 Å². The quantitative estimate of drug-likeness (QED) is 0.0617. The minimum atomic E-state index is -4.61. The average Bonchev–Trinajstić information content (AvgIpc) is 3.36. The second kappa shape index (κ2) is 28.6. The fourth-order valence-electron chi connectivity index (χ4n) is 6.07. The molecule has 2 N–H and O–H groups in total. The molecule has 1 atom stereocenters. The molecule has 2 aromatic heterocycles. The number of carbonyl (C=O) groups excluding carboxylic acids is 2. The maximum absolute atomic E-state index is 14.3. The van der Waals surface area contributed by atoms with Gasteiger partial charge in [0.05, 0.1) is 29.5 Å². The Morgan fingerprint density at radius 2 is 1.34 bits per heavy atom. The summed E-state index contributed by atoms with van der Waals surface area (Å²) in [6.45, 7) is 10.2. The molecule has 402 valence electrons. The Kier molecular flexibility index (Phi) is 22.4. The number of urea groups is 1. The predicted octanol–water partition coefficient (Wildman–Crippen LogP) is 14.8. The molecular weight excluding hydrogens is 1060 g/mol. The van der Waals surface area contributed by atoms with E-state index in [1.165, 1.54) is 0 Å². The molecule has 76 heavy (non-hydrogen) atoms. The van der Waals surface area contributed by atoms with E-state index < -0.39 is 59.1 Å². The van der Waals surface area contributed by atoms with E-state index >= 15 is 0 Å². The molecule has 0 saturated heterocycles. The van der Waals surface area contributed by atoms with Crippen LogP contribution in [0.5, 0.6) is 40.5 Å². The van der Waals surface area contributed by atoms with Crippen LogP contribution in [0.4, 0.5) is 36.8 Å². The lowest BCUT2D eigenvalue weighted by atomic mass is 10.2. The van der Waals surface area contributed by atoms with Gasteiger partial charge in [0.2, 0.25) is 11.8 Å². The molecular formula is C53H51ClF6N5O9PS. The van der Waals surface area contributed by atoms with Gasteiger partial charge < -0.3 is 28.8 Å². The summed E-state index contributed by atoms with van der Waals surface area (Å²) >= 11 is 11.1. The van der Waals surface area contributed by atoms with Crippen molar-refractivity contribution in [2.75, 3.05) is 25.1 Å². The third-order valence-electron chi connectivity index (χ3n) is 9.48. The van der Waals surface area contributed by atoms with Crippen molar-refractivity contribution >= 4 is 47.8 Å². The van der Waals surface area contributed by atoms with Crippen LogP contribution in [0, 0.1) is 24.4 Å². The average molecular weight is 1110 g/mol. The van der Waals surface area contributed by atoms with Crippen molar-refractivity contribution < 1.29 is 68.5 Å². The molecule has 7 aromatic rings. The highest BCUT2D eigenvalue weighted by Gasteiger charge is 2.31. The molecule has 0 aliphatic heterocycles. The lowest BCUT2D eigenvalue weighted by Crippen LogP contribution is -2.35. The molecule has 0 aliphatic rings. The van der Waals surface area contributed by atoms with Crippen molar-refractivity contribution in [1.82, 2.24) is 20.3 Å². The van der Waals surface area contributed by atoms with Gasteiger partial charge >= 0.3 is 18.9 Å². The van der Waals surface area contributed by atoms with Gasteiger partial charge in [-0.25, -0.2) is 27.9 Å². The van der Waals surface area contributed by atoms with Gasteiger partial charge in [-0.15, -0.1) is 0 Å². The first-order valence-corrected chi connectivity index (χ1v) is 26.0. The molecule has 5 aromatic carbocycles. The SMILES string of the molecule is CC(COc1ccc(Oc2ccccc2)cc1)Oc1ccccn1.CCOP(=S)(OCC)Oc1cc(C)nc(C(C)C)n1.O=C(NC(=O)c1c(F)cccc1F)Nc1ccc(Oc2ccc(C(F)(F)F)cc2Cl)cc1F. The molecule has 0 fully saturated rings. The van der Waals surface area contributed by atoms with Gasteiger partial charge in [-0.2, -0.15) is 18.2 Å². The first-order chi connectivity index (χ1) is 36.1. The fraction of sp³-hybridized carbons (Fsp3) is 0.226. The van der Waals surface area contributed by atoms with E-state index in [1.807, 2.05) is 120 Å². The van der Waals surface area contributed by atoms with Crippen molar-refractivity contribution in [1.29, 1.82) is 0 Å². The Hall–Kier alpha value is -7.29. The van der Waals surface area contributed by atoms with E-state index in [4.69, 9.17) is 55.9 Å². The molecule has 0 spiro atoms. The maximum atomic E-state index is 14.3. The lowest BCUT2D eigenvalue weighted by molar-refractivity contribution is -0.137. The van der Waals surface area contributed by atoms with E-state index in [-0.39, 0.29) is 28.5 Å². The minimum absolute atomic E-state index is 0.0971. The molecule has 1 unspecified atom stereocenters. The molecule has 14 nitrogen and oxygen atoms in total. The predicted molar refractivity (Wildman–Crippen MR) is 278 cm³/mol. The van der Waals surface area contributed by atoms with Crippen LogP contribution in [0.3, 0.4) is 0 Å². The number of imide groups is 1. The highest BCUT2D eigenvalue weighted by Crippen LogP contribution is 2.49. The Balaban J connectivity index is 0.000000220. The number of nitrogens with one attached hydrogen (secondary N) is 2. The molecule has 23 heteroatoms. The van der Waals surface area contributed by atoms with Crippen molar-refractivity contribution in [3.63, 3.8) is 0 Å². The number of ether oxygens (including phenoxy) is 4. The van der Waals surface area contributed by atoms with E-state index in [2.05, 4.69) is 15.0 Å². The fourth-order valence-corrected chi connectivity index (χ4v) is 8.28. The summed E-state index contributed by atoms with van der Waals surface area (Å²) in [5.74, 6) is -0.864. The Morgan fingerprint density at radius 1 is 0.711 bits per heavy atom. The van der Waals surface area contributed by atoms with E-state index in [9.17, 15) is 35.9 Å². The number of amides is 3. The first kappa shape index (κ1) is 59.6. The van der Waals surface area contributed by atoms with Crippen LogP contribution in [0.15, 0.2) is 140 Å². The molecule has 0 radical (unpaired) electrons. The Labute approximate surface area is 444 Å². The highest BCUT2D eigenvalue weighted by molar-refractivity contribution is 8.07. The normalized spacial score (nSPS) is 11.4. The first-order valence-electron chi connectivity index (χ1n) is 23.0. The van der Waals surface area contributed by atoms with Crippen LogP contribution in [0.2, 0.25) is 5.02 Å². The van der Waals surface area contributed by atoms with Gasteiger partial charge in [0.1, 0.15) is 70.3 Å². The van der Waals surface area contributed by atoms with Crippen LogP contribution >= 0.6 is 18.3 Å². The third-order valence-corrected chi connectivity index (χ3v) is 12.2. The van der Waals surface area contributed by atoms with E-state index in [0.29, 0.717) is 37.6 Å². The van der Waals surface area contributed by atoms with Gasteiger partial charge in [0, 0.05) is 47.8 Å². The maximum Gasteiger partial charge on any atom is 0.416 e. The van der Waals surface area contributed by atoms with Crippen molar-refractivity contribution in [2.24, 2.45) is 0 Å². The van der Waals surface area contributed by atoms with Crippen molar-refractivity contribution in [2.45, 2.75) is 59.7 Å². The van der Waals surface area contributed by atoms with Crippen LogP contribution < -0.4 is 34.1 Å². The number of hydrogen-bond donors (Lipinski definition) is 2. The molecule has 0 aliphatic carbocycles. The van der Waals surface area contributed by atoms with Crippen LogP contribution in [0.25, 0.3) is 0 Å². The summed E-state index contributed by atoms with van der Waals surface area (Å²) < 4.78 is 119.